The Morgan fingerprint density at radius 1 is 1.09 bits per heavy atom. The number of amides is 1. The second-order valence-electron chi connectivity index (χ2n) is 8.47. The van der Waals surface area contributed by atoms with E-state index in [9.17, 15) is 9.90 Å². The number of aliphatic hydroxyl groups is 1. The van der Waals surface area contributed by atoms with E-state index >= 15 is 0 Å². The third kappa shape index (κ3) is 4.93. The quantitative estimate of drug-likeness (QED) is 0.578. The lowest BCUT2D eigenvalue weighted by Crippen LogP contribution is -2.42. The van der Waals surface area contributed by atoms with Gasteiger partial charge in [-0.15, -0.1) is 0 Å². The van der Waals surface area contributed by atoms with Crippen molar-refractivity contribution in [2.45, 2.75) is 18.6 Å². The topological polar surface area (TPSA) is 88.9 Å². The van der Waals surface area contributed by atoms with E-state index in [1.54, 1.807) is 17.1 Å². The molecule has 1 aliphatic heterocycles. The van der Waals surface area contributed by atoms with E-state index in [1.807, 2.05) is 24.3 Å². The van der Waals surface area contributed by atoms with Crippen molar-refractivity contribution in [2.75, 3.05) is 44.8 Å². The SMILES string of the molecule is O=C(Nc1cnn(CC(O)CN2CCOCC2)c1)OCC1c2ccccc2-c2ccccc21. The van der Waals surface area contributed by atoms with Crippen molar-refractivity contribution in [3.63, 3.8) is 0 Å². The molecule has 2 aliphatic rings. The van der Waals surface area contributed by atoms with Gasteiger partial charge in [-0.2, -0.15) is 5.10 Å². The highest BCUT2D eigenvalue weighted by Gasteiger charge is 2.29. The molecule has 0 radical (unpaired) electrons. The van der Waals surface area contributed by atoms with Gasteiger partial charge in [0.05, 0.1) is 37.7 Å². The van der Waals surface area contributed by atoms with Crippen molar-refractivity contribution in [2.24, 2.45) is 0 Å². The van der Waals surface area contributed by atoms with E-state index in [4.69, 9.17) is 9.47 Å². The molecule has 1 amide bonds. The van der Waals surface area contributed by atoms with Gasteiger partial charge < -0.3 is 14.6 Å². The molecule has 33 heavy (non-hydrogen) atoms. The molecule has 2 N–H and O–H groups in total. The zero-order valence-electron chi connectivity index (χ0n) is 18.4. The molecule has 0 saturated carbocycles. The number of hydrogen-bond acceptors (Lipinski definition) is 6. The zero-order chi connectivity index (χ0) is 22.6. The number of benzene rings is 2. The summed E-state index contributed by atoms with van der Waals surface area (Å²) >= 11 is 0. The number of carbonyl (C=O) groups is 1. The van der Waals surface area contributed by atoms with Crippen LogP contribution in [-0.2, 0) is 16.0 Å². The molecule has 1 fully saturated rings. The molecule has 3 aromatic rings. The summed E-state index contributed by atoms with van der Waals surface area (Å²) in [4.78, 5) is 14.6. The number of nitrogens with one attached hydrogen (secondary N) is 1. The van der Waals surface area contributed by atoms with Gasteiger partial charge in [0.25, 0.3) is 0 Å². The standard InChI is InChI=1S/C25H28N4O4/c30-19(15-28-9-11-32-12-10-28)16-29-14-18(13-26-29)27-25(31)33-17-24-22-7-3-1-5-20(22)21-6-2-4-8-23(21)24/h1-8,13-14,19,24,30H,9-12,15-17H2,(H,27,31). The largest absolute Gasteiger partial charge is 0.448 e. The molecule has 1 saturated heterocycles. The van der Waals surface area contributed by atoms with Gasteiger partial charge in [-0.25, -0.2) is 4.79 Å². The summed E-state index contributed by atoms with van der Waals surface area (Å²) in [6.07, 6.45) is 2.18. The summed E-state index contributed by atoms with van der Waals surface area (Å²) in [5.41, 5.74) is 5.27. The Morgan fingerprint density at radius 2 is 1.76 bits per heavy atom. The summed E-state index contributed by atoms with van der Waals surface area (Å²) in [7, 11) is 0. The number of aromatic nitrogens is 2. The monoisotopic (exact) mass is 448 g/mol. The Hall–Kier alpha value is -3.20. The van der Waals surface area contributed by atoms with Crippen LogP contribution in [0.25, 0.3) is 11.1 Å². The Labute approximate surface area is 192 Å². The summed E-state index contributed by atoms with van der Waals surface area (Å²) in [5, 5.41) is 17.3. The molecule has 5 rings (SSSR count). The second kappa shape index (κ2) is 9.74. The number of β-amino-alcohol motifs (C(OH)–C–C–N with tert-alkyl or cyclic N) is 1. The van der Waals surface area contributed by atoms with Gasteiger partial charge in [-0.3, -0.25) is 14.9 Å². The highest BCUT2D eigenvalue weighted by atomic mass is 16.5. The Kier molecular flexibility index (Phi) is 6.39. The fraction of sp³-hybridized carbons (Fsp3) is 0.360. The molecular formula is C25H28N4O4. The normalized spacial score (nSPS) is 16.8. The lowest BCUT2D eigenvalue weighted by Gasteiger charge is -2.28. The van der Waals surface area contributed by atoms with E-state index in [-0.39, 0.29) is 12.5 Å². The Balaban J connectivity index is 1.14. The van der Waals surface area contributed by atoms with Gasteiger partial charge in [0.2, 0.25) is 0 Å². The maximum atomic E-state index is 12.4. The second-order valence-corrected chi connectivity index (χ2v) is 8.47. The van der Waals surface area contributed by atoms with Gasteiger partial charge >= 0.3 is 6.09 Å². The van der Waals surface area contributed by atoms with Crippen LogP contribution in [0.15, 0.2) is 60.9 Å². The molecule has 0 spiro atoms. The molecule has 1 unspecified atom stereocenters. The van der Waals surface area contributed by atoms with Crippen LogP contribution in [-0.4, -0.2) is 71.4 Å². The first kappa shape index (κ1) is 21.6. The van der Waals surface area contributed by atoms with E-state index < -0.39 is 12.2 Å². The van der Waals surface area contributed by atoms with Crippen molar-refractivity contribution in [3.05, 3.63) is 72.1 Å². The molecular weight excluding hydrogens is 420 g/mol. The molecule has 8 heteroatoms. The molecule has 1 atom stereocenters. The van der Waals surface area contributed by atoms with E-state index in [1.165, 1.54) is 22.3 Å². The van der Waals surface area contributed by atoms with E-state index in [2.05, 4.69) is 39.6 Å². The average molecular weight is 449 g/mol. The summed E-state index contributed by atoms with van der Waals surface area (Å²) in [5.74, 6) is 0.0150. The van der Waals surface area contributed by atoms with Crippen molar-refractivity contribution in [1.29, 1.82) is 0 Å². The van der Waals surface area contributed by atoms with Crippen LogP contribution >= 0.6 is 0 Å². The molecule has 1 aromatic heterocycles. The van der Waals surface area contributed by atoms with E-state index in [0.717, 1.165) is 13.1 Å². The highest BCUT2D eigenvalue weighted by Crippen LogP contribution is 2.44. The summed E-state index contributed by atoms with van der Waals surface area (Å²) in [6, 6.07) is 16.5. The van der Waals surface area contributed by atoms with Crippen molar-refractivity contribution >= 4 is 11.8 Å². The zero-order valence-corrected chi connectivity index (χ0v) is 18.4. The predicted molar refractivity (Wildman–Crippen MR) is 124 cm³/mol. The van der Waals surface area contributed by atoms with Crippen LogP contribution in [0.4, 0.5) is 10.5 Å². The van der Waals surface area contributed by atoms with Gasteiger partial charge in [0.1, 0.15) is 6.61 Å². The van der Waals surface area contributed by atoms with Crippen LogP contribution in [0.2, 0.25) is 0 Å². The number of carbonyl (C=O) groups excluding carboxylic acids is 1. The van der Waals surface area contributed by atoms with E-state index in [0.29, 0.717) is 32.0 Å². The molecule has 8 nitrogen and oxygen atoms in total. The number of nitrogens with zero attached hydrogens (tertiary/aromatic N) is 3. The third-order valence-corrected chi connectivity index (χ3v) is 6.19. The fourth-order valence-corrected chi connectivity index (χ4v) is 4.64. The number of aliphatic hydroxyl groups excluding tert-OH is 1. The molecule has 0 bridgehead atoms. The van der Waals surface area contributed by atoms with Crippen molar-refractivity contribution in [3.8, 4) is 11.1 Å². The average Bonchev–Trinajstić information content (AvgIpc) is 3.40. The Bertz CT molecular complexity index is 1060. The van der Waals surface area contributed by atoms with Crippen molar-refractivity contribution in [1.82, 2.24) is 14.7 Å². The smallest absolute Gasteiger partial charge is 0.411 e. The first-order valence-corrected chi connectivity index (χ1v) is 11.3. The van der Waals surface area contributed by atoms with Crippen LogP contribution in [0.1, 0.15) is 17.0 Å². The summed E-state index contributed by atoms with van der Waals surface area (Å²) in [6.45, 7) is 4.22. The number of anilines is 1. The number of rotatable bonds is 7. The third-order valence-electron chi connectivity index (χ3n) is 6.19. The van der Waals surface area contributed by atoms with Gasteiger partial charge in [0, 0.05) is 31.7 Å². The first-order valence-electron chi connectivity index (χ1n) is 11.3. The lowest BCUT2D eigenvalue weighted by molar-refractivity contribution is 0.0108. The number of hydrogen-bond donors (Lipinski definition) is 2. The molecule has 172 valence electrons. The highest BCUT2D eigenvalue weighted by molar-refractivity contribution is 5.84. The van der Waals surface area contributed by atoms with Crippen LogP contribution in [0.5, 0.6) is 0 Å². The number of ether oxygens (including phenoxy) is 2. The minimum atomic E-state index is -0.551. The van der Waals surface area contributed by atoms with Gasteiger partial charge in [0.15, 0.2) is 0 Å². The van der Waals surface area contributed by atoms with Gasteiger partial charge in [-0.1, -0.05) is 48.5 Å². The fourth-order valence-electron chi connectivity index (χ4n) is 4.64. The summed E-state index contributed by atoms with van der Waals surface area (Å²) < 4.78 is 12.5. The lowest BCUT2D eigenvalue weighted by atomic mass is 9.98. The van der Waals surface area contributed by atoms with Gasteiger partial charge in [-0.05, 0) is 22.3 Å². The van der Waals surface area contributed by atoms with Crippen molar-refractivity contribution < 1.29 is 19.4 Å². The Morgan fingerprint density at radius 3 is 2.45 bits per heavy atom. The van der Waals surface area contributed by atoms with Crippen LogP contribution < -0.4 is 5.32 Å². The maximum Gasteiger partial charge on any atom is 0.411 e. The molecule has 2 heterocycles. The van der Waals surface area contributed by atoms with Crippen LogP contribution in [0.3, 0.4) is 0 Å². The molecule has 2 aromatic carbocycles. The minimum Gasteiger partial charge on any atom is -0.448 e. The molecule has 1 aliphatic carbocycles. The van der Waals surface area contributed by atoms with Crippen LogP contribution in [0, 0.1) is 0 Å². The predicted octanol–water partition coefficient (Wildman–Crippen LogP) is 2.94. The number of morpholine rings is 1. The number of fused-ring (bicyclic) bond motifs is 3. The first-order chi connectivity index (χ1) is 16.2. The minimum absolute atomic E-state index is 0.0150. The maximum absolute atomic E-state index is 12.4.